The van der Waals surface area contributed by atoms with E-state index in [4.69, 9.17) is 11.6 Å². The lowest BCUT2D eigenvalue weighted by Crippen LogP contribution is -2.34. The highest BCUT2D eigenvalue weighted by molar-refractivity contribution is 7.92. The Morgan fingerprint density at radius 1 is 1.20 bits per heavy atom. The van der Waals surface area contributed by atoms with Crippen molar-refractivity contribution in [2.45, 2.75) is 37.0 Å². The summed E-state index contributed by atoms with van der Waals surface area (Å²) in [6, 6.07) is 8.16. The van der Waals surface area contributed by atoms with Crippen molar-refractivity contribution in [2.75, 3.05) is 12.3 Å². The van der Waals surface area contributed by atoms with Crippen LogP contribution in [-0.4, -0.2) is 26.0 Å². The Bertz CT molecular complexity index is 566. The fraction of sp³-hybridized carbons (Fsp3) is 0.600. The lowest BCUT2D eigenvalue weighted by atomic mass is 10.0. The second kappa shape index (κ2) is 5.66. The van der Waals surface area contributed by atoms with E-state index in [2.05, 4.69) is 5.32 Å². The highest BCUT2D eigenvalue weighted by Gasteiger charge is 2.35. The predicted octanol–water partition coefficient (Wildman–Crippen LogP) is 2.96. The van der Waals surface area contributed by atoms with Crippen LogP contribution in [-0.2, 0) is 9.84 Å². The minimum atomic E-state index is -2.86. The minimum absolute atomic E-state index is 0.198. The van der Waals surface area contributed by atoms with Gasteiger partial charge in [-0.3, -0.25) is 0 Å². The number of benzene rings is 1. The summed E-state index contributed by atoms with van der Waals surface area (Å²) in [5.74, 6) is 0.995. The summed E-state index contributed by atoms with van der Waals surface area (Å²) in [4.78, 5) is 0. The monoisotopic (exact) mass is 313 g/mol. The van der Waals surface area contributed by atoms with Crippen molar-refractivity contribution in [1.82, 2.24) is 5.32 Å². The van der Waals surface area contributed by atoms with Crippen molar-refractivity contribution >= 4 is 21.4 Å². The molecule has 2 aliphatic rings. The van der Waals surface area contributed by atoms with Gasteiger partial charge in [-0.1, -0.05) is 23.7 Å². The standard InChI is InChI=1S/C15H20ClNO2S/c16-13-7-5-12(6-8-13)15(11-3-4-11)17-10-14-2-1-9-20(14,18)19/h5-8,11,14-15,17H,1-4,9-10H2. The molecule has 1 heterocycles. The van der Waals surface area contributed by atoms with E-state index in [1.165, 1.54) is 18.4 Å². The summed E-state index contributed by atoms with van der Waals surface area (Å²) in [7, 11) is -2.86. The normalized spacial score (nSPS) is 26.6. The lowest BCUT2D eigenvalue weighted by Gasteiger charge is -2.21. The second-order valence-electron chi connectivity index (χ2n) is 5.91. The molecule has 0 spiro atoms. The van der Waals surface area contributed by atoms with Crippen molar-refractivity contribution in [3.63, 3.8) is 0 Å². The topological polar surface area (TPSA) is 46.2 Å². The van der Waals surface area contributed by atoms with Crippen molar-refractivity contribution in [2.24, 2.45) is 5.92 Å². The Morgan fingerprint density at radius 2 is 1.90 bits per heavy atom. The number of hydrogen-bond donors (Lipinski definition) is 1. The van der Waals surface area contributed by atoms with E-state index in [0.717, 1.165) is 17.9 Å². The molecule has 0 aromatic heterocycles. The quantitative estimate of drug-likeness (QED) is 0.909. The Hall–Kier alpha value is -0.580. The first-order chi connectivity index (χ1) is 9.56. The van der Waals surface area contributed by atoms with Crippen LogP contribution in [0.3, 0.4) is 0 Å². The zero-order valence-electron chi connectivity index (χ0n) is 11.4. The smallest absolute Gasteiger partial charge is 0.154 e. The van der Waals surface area contributed by atoms with E-state index < -0.39 is 9.84 Å². The Labute approximate surface area is 125 Å². The van der Waals surface area contributed by atoms with E-state index >= 15 is 0 Å². The third-order valence-corrected chi connectivity index (χ3v) is 6.88. The van der Waals surface area contributed by atoms with Gasteiger partial charge in [0.15, 0.2) is 9.84 Å². The van der Waals surface area contributed by atoms with Crippen LogP contribution in [0, 0.1) is 5.92 Å². The molecule has 1 saturated heterocycles. The van der Waals surface area contributed by atoms with Crippen LogP contribution in [0.4, 0.5) is 0 Å². The first-order valence-corrected chi connectivity index (χ1v) is 9.36. The molecule has 1 aromatic carbocycles. The molecule has 1 aliphatic carbocycles. The molecule has 0 bridgehead atoms. The zero-order chi connectivity index (χ0) is 14.2. The molecule has 20 heavy (non-hydrogen) atoms. The first kappa shape index (κ1) is 14.4. The third-order valence-electron chi connectivity index (χ3n) is 4.35. The first-order valence-electron chi connectivity index (χ1n) is 7.27. The number of rotatable bonds is 5. The Kier molecular flexibility index (Phi) is 4.07. The number of hydrogen-bond acceptors (Lipinski definition) is 3. The summed E-state index contributed by atoms with van der Waals surface area (Å²) >= 11 is 5.93. The van der Waals surface area contributed by atoms with Gasteiger partial charge in [0.2, 0.25) is 0 Å². The molecule has 3 rings (SSSR count). The molecule has 1 aromatic rings. The van der Waals surface area contributed by atoms with Crippen molar-refractivity contribution in [3.05, 3.63) is 34.9 Å². The molecule has 0 amide bonds. The summed E-state index contributed by atoms with van der Waals surface area (Å²) in [6.07, 6.45) is 4.05. The van der Waals surface area contributed by atoms with Gasteiger partial charge >= 0.3 is 0 Å². The van der Waals surface area contributed by atoms with Crippen LogP contribution in [0.25, 0.3) is 0 Å². The van der Waals surface area contributed by atoms with Crippen molar-refractivity contribution in [1.29, 1.82) is 0 Å². The van der Waals surface area contributed by atoms with Crippen LogP contribution in [0.2, 0.25) is 5.02 Å². The molecule has 2 unspecified atom stereocenters. The average molecular weight is 314 g/mol. The molecule has 1 saturated carbocycles. The van der Waals surface area contributed by atoms with Crippen LogP contribution in [0.1, 0.15) is 37.3 Å². The number of halogens is 1. The maximum atomic E-state index is 11.9. The van der Waals surface area contributed by atoms with Gasteiger partial charge in [0.05, 0.1) is 11.0 Å². The van der Waals surface area contributed by atoms with Gasteiger partial charge in [0.1, 0.15) is 0 Å². The highest BCUT2D eigenvalue weighted by Crippen LogP contribution is 2.41. The van der Waals surface area contributed by atoms with Gasteiger partial charge in [0, 0.05) is 17.6 Å². The molecule has 5 heteroatoms. The van der Waals surface area contributed by atoms with Gasteiger partial charge in [-0.25, -0.2) is 8.42 Å². The molecule has 3 nitrogen and oxygen atoms in total. The summed E-state index contributed by atoms with van der Waals surface area (Å²) < 4.78 is 23.8. The number of nitrogens with one attached hydrogen (secondary N) is 1. The summed E-state index contributed by atoms with van der Waals surface area (Å²) in [6.45, 7) is 0.576. The molecule has 1 N–H and O–H groups in total. The lowest BCUT2D eigenvalue weighted by molar-refractivity contribution is 0.471. The van der Waals surface area contributed by atoms with E-state index in [1.54, 1.807) is 0 Å². The third kappa shape index (κ3) is 3.18. The van der Waals surface area contributed by atoms with E-state index in [1.807, 2.05) is 24.3 Å². The fourth-order valence-electron chi connectivity index (χ4n) is 3.00. The molecule has 110 valence electrons. The summed E-state index contributed by atoms with van der Waals surface area (Å²) in [5.41, 5.74) is 1.22. The van der Waals surface area contributed by atoms with Gasteiger partial charge < -0.3 is 5.32 Å². The van der Waals surface area contributed by atoms with Crippen molar-refractivity contribution in [3.8, 4) is 0 Å². The van der Waals surface area contributed by atoms with Crippen molar-refractivity contribution < 1.29 is 8.42 Å². The SMILES string of the molecule is O=S1(=O)CCCC1CNC(c1ccc(Cl)cc1)C1CC1. The van der Waals surface area contributed by atoms with Crippen LogP contribution < -0.4 is 5.32 Å². The second-order valence-corrected chi connectivity index (χ2v) is 8.74. The maximum absolute atomic E-state index is 11.9. The molecular formula is C15H20ClNO2S. The average Bonchev–Trinajstić information content (AvgIpc) is 3.18. The number of sulfone groups is 1. The molecular weight excluding hydrogens is 294 g/mol. The van der Waals surface area contributed by atoms with E-state index in [0.29, 0.717) is 18.2 Å². The molecule has 1 aliphatic heterocycles. The van der Waals surface area contributed by atoms with Gasteiger partial charge in [-0.2, -0.15) is 0 Å². The van der Waals surface area contributed by atoms with Crippen LogP contribution in [0.5, 0.6) is 0 Å². The minimum Gasteiger partial charge on any atom is -0.308 e. The molecule has 2 fully saturated rings. The Balaban J connectivity index is 1.68. The maximum Gasteiger partial charge on any atom is 0.154 e. The van der Waals surface area contributed by atoms with E-state index in [9.17, 15) is 8.42 Å². The van der Waals surface area contributed by atoms with E-state index in [-0.39, 0.29) is 11.3 Å². The van der Waals surface area contributed by atoms with Gasteiger partial charge in [0.25, 0.3) is 0 Å². The predicted molar refractivity (Wildman–Crippen MR) is 81.7 cm³/mol. The van der Waals surface area contributed by atoms with Gasteiger partial charge in [-0.05, 0) is 49.3 Å². The zero-order valence-corrected chi connectivity index (χ0v) is 13.0. The fourth-order valence-corrected chi connectivity index (χ4v) is 4.91. The Morgan fingerprint density at radius 3 is 2.45 bits per heavy atom. The van der Waals surface area contributed by atoms with Crippen LogP contribution in [0.15, 0.2) is 24.3 Å². The molecule has 2 atom stereocenters. The van der Waals surface area contributed by atoms with Crippen LogP contribution >= 0.6 is 11.6 Å². The largest absolute Gasteiger partial charge is 0.308 e. The molecule has 0 radical (unpaired) electrons. The van der Waals surface area contributed by atoms with Gasteiger partial charge in [-0.15, -0.1) is 0 Å². The summed E-state index contributed by atoms with van der Waals surface area (Å²) in [5, 5.41) is 4.03. The highest BCUT2D eigenvalue weighted by atomic mass is 35.5.